The number of aliphatic carboxylic acids is 1. The fraction of sp³-hybridized carbons (Fsp3) is 0.176. The lowest BCUT2D eigenvalue weighted by Crippen LogP contribution is -2.26. The largest absolute Gasteiger partial charge is 0.477 e. The lowest BCUT2D eigenvalue weighted by atomic mass is 9.91. The standard InChI is InChI=1S/C17H13Cl3N2O2/c1-9-15(17(23)24)21-22(14-7-6-12(19)8-13(14)20)16(9)10-2-4-11(18)5-3-10/h2-9,16H,1H3,(H,23,24)/t9?,16-/m0/s1. The number of carboxylic acid groups (broad SMARTS) is 1. The number of carboxylic acids is 1. The molecule has 0 saturated heterocycles. The number of hydrogen-bond donors (Lipinski definition) is 1. The van der Waals surface area contributed by atoms with Gasteiger partial charge in [0.2, 0.25) is 0 Å². The summed E-state index contributed by atoms with van der Waals surface area (Å²) in [6.07, 6.45) is 0. The third-order valence-electron chi connectivity index (χ3n) is 3.97. The van der Waals surface area contributed by atoms with Gasteiger partial charge in [0.15, 0.2) is 5.71 Å². The second-order valence-corrected chi connectivity index (χ2v) is 6.80. The van der Waals surface area contributed by atoms with Crippen LogP contribution in [-0.2, 0) is 4.79 Å². The fourth-order valence-electron chi connectivity index (χ4n) is 2.83. The molecule has 1 N–H and O–H groups in total. The van der Waals surface area contributed by atoms with Gasteiger partial charge in [-0.1, -0.05) is 53.9 Å². The summed E-state index contributed by atoms with van der Waals surface area (Å²) < 4.78 is 0. The van der Waals surface area contributed by atoms with Crippen LogP contribution in [0, 0.1) is 5.92 Å². The number of hydrazone groups is 1. The molecular weight excluding hydrogens is 371 g/mol. The minimum Gasteiger partial charge on any atom is -0.477 e. The Morgan fingerprint density at radius 2 is 1.71 bits per heavy atom. The monoisotopic (exact) mass is 382 g/mol. The van der Waals surface area contributed by atoms with Crippen molar-refractivity contribution in [3.8, 4) is 0 Å². The summed E-state index contributed by atoms with van der Waals surface area (Å²) in [5, 5.41) is 16.9. The molecule has 0 bridgehead atoms. The van der Waals surface area contributed by atoms with Gasteiger partial charge < -0.3 is 5.11 Å². The van der Waals surface area contributed by atoms with Crippen molar-refractivity contribution in [1.82, 2.24) is 0 Å². The van der Waals surface area contributed by atoms with Crippen molar-refractivity contribution >= 4 is 52.2 Å². The van der Waals surface area contributed by atoms with Crippen molar-refractivity contribution in [1.29, 1.82) is 0 Å². The molecule has 0 amide bonds. The van der Waals surface area contributed by atoms with Gasteiger partial charge in [0.25, 0.3) is 0 Å². The summed E-state index contributed by atoms with van der Waals surface area (Å²) in [5.74, 6) is -1.37. The maximum atomic E-state index is 11.5. The highest BCUT2D eigenvalue weighted by Gasteiger charge is 2.39. The van der Waals surface area contributed by atoms with Crippen molar-refractivity contribution in [3.05, 3.63) is 63.1 Å². The zero-order valence-electron chi connectivity index (χ0n) is 12.6. The highest BCUT2D eigenvalue weighted by molar-refractivity contribution is 6.38. The second kappa shape index (κ2) is 6.63. The van der Waals surface area contributed by atoms with E-state index in [-0.39, 0.29) is 17.7 Å². The van der Waals surface area contributed by atoms with E-state index in [1.807, 2.05) is 19.1 Å². The van der Waals surface area contributed by atoms with Gasteiger partial charge in [0.1, 0.15) is 0 Å². The maximum Gasteiger partial charge on any atom is 0.352 e. The first-order chi connectivity index (χ1) is 11.4. The number of anilines is 1. The molecule has 2 atom stereocenters. The molecule has 0 fully saturated rings. The van der Waals surface area contributed by atoms with Gasteiger partial charge in [0, 0.05) is 16.0 Å². The fourth-order valence-corrected chi connectivity index (χ4v) is 3.45. The Bertz CT molecular complexity index is 821. The predicted octanol–water partition coefficient (Wildman–Crippen LogP) is 5.28. The molecule has 1 aliphatic rings. The Morgan fingerprint density at radius 1 is 1.08 bits per heavy atom. The van der Waals surface area contributed by atoms with Gasteiger partial charge in [-0.3, -0.25) is 5.01 Å². The molecule has 0 spiro atoms. The van der Waals surface area contributed by atoms with E-state index < -0.39 is 5.97 Å². The summed E-state index contributed by atoms with van der Waals surface area (Å²) in [5.41, 5.74) is 1.59. The normalized spacial score (nSPS) is 20.2. The van der Waals surface area contributed by atoms with Crippen molar-refractivity contribution in [2.75, 3.05) is 5.01 Å². The van der Waals surface area contributed by atoms with Crippen LogP contribution in [0.15, 0.2) is 47.6 Å². The number of benzene rings is 2. The minimum absolute atomic E-state index is 0.0842. The molecule has 7 heteroatoms. The Labute approximate surface area is 154 Å². The molecule has 24 heavy (non-hydrogen) atoms. The summed E-state index contributed by atoms with van der Waals surface area (Å²) >= 11 is 18.2. The molecule has 2 aromatic rings. The first-order valence-corrected chi connectivity index (χ1v) is 8.33. The van der Waals surface area contributed by atoms with Crippen molar-refractivity contribution < 1.29 is 9.90 Å². The van der Waals surface area contributed by atoms with Crippen molar-refractivity contribution in [2.24, 2.45) is 11.0 Å². The third-order valence-corrected chi connectivity index (χ3v) is 4.76. The van der Waals surface area contributed by atoms with Crippen molar-refractivity contribution in [2.45, 2.75) is 13.0 Å². The molecule has 1 heterocycles. The van der Waals surface area contributed by atoms with E-state index >= 15 is 0 Å². The van der Waals surface area contributed by atoms with Crippen LogP contribution in [0.25, 0.3) is 0 Å². The van der Waals surface area contributed by atoms with Gasteiger partial charge in [-0.15, -0.1) is 0 Å². The van der Waals surface area contributed by atoms with E-state index in [0.717, 1.165) is 5.56 Å². The minimum atomic E-state index is -1.05. The second-order valence-electron chi connectivity index (χ2n) is 5.52. The molecule has 0 saturated carbocycles. The first-order valence-electron chi connectivity index (χ1n) is 7.20. The Kier molecular flexibility index (Phi) is 4.72. The van der Waals surface area contributed by atoms with E-state index in [9.17, 15) is 9.90 Å². The Morgan fingerprint density at radius 3 is 2.29 bits per heavy atom. The van der Waals surface area contributed by atoms with Crippen LogP contribution in [-0.4, -0.2) is 16.8 Å². The van der Waals surface area contributed by atoms with Crippen LogP contribution in [0.2, 0.25) is 15.1 Å². The van der Waals surface area contributed by atoms with Crippen molar-refractivity contribution in [3.63, 3.8) is 0 Å². The highest BCUT2D eigenvalue weighted by atomic mass is 35.5. The number of carbonyl (C=O) groups is 1. The van der Waals surface area contributed by atoms with Gasteiger partial charge in [-0.25, -0.2) is 4.79 Å². The number of hydrogen-bond acceptors (Lipinski definition) is 3. The van der Waals surface area contributed by atoms with Crippen LogP contribution in [0.5, 0.6) is 0 Å². The summed E-state index contributed by atoms with van der Waals surface area (Å²) in [7, 11) is 0. The smallest absolute Gasteiger partial charge is 0.352 e. The Hall–Kier alpha value is -1.75. The lowest BCUT2D eigenvalue weighted by Gasteiger charge is -2.27. The summed E-state index contributed by atoms with van der Waals surface area (Å²) in [6.45, 7) is 1.83. The topological polar surface area (TPSA) is 52.9 Å². The number of nitrogens with zero attached hydrogens (tertiary/aromatic N) is 2. The van der Waals surface area contributed by atoms with E-state index in [1.54, 1.807) is 35.3 Å². The summed E-state index contributed by atoms with van der Waals surface area (Å²) in [4.78, 5) is 11.5. The molecule has 1 unspecified atom stereocenters. The van der Waals surface area contributed by atoms with Gasteiger partial charge >= 0.3 is 5.97 Å². The van der Waals surface area contributed by atoms with E-state index in [0.29, 0.717) is 20.8 Å². The average molecular weight is 384 g/mol. The van der Waals surface area contributed by atoms with E-state index in [2.05, 4.69) is 5.10 Å². The molecule has 0 radical (unpaired) electrons. The van der Waals surface area contributed by atoms with Crippen LogP contribution >= 0.6 is 34.8 Å². The molecule has 4 nitrogen and oxygen atoms in total. The first kappa shape index (κ1) is 17.1. The third kappa shape index (κ3) is 3.09. The summed E-state index contributed by atoms with van der Waals surface area (Å²) in [6, 6.07) is 12.0. The molecular formula is C17H13Cl3N2O2. The van der Waals surface area contributed by atoms with E-state index in [1.165, 1.54) is 0 Å². The number of halogens is 3. The SMILES string of the molecule is CC1C(C(=O)O)=NN(c2ccc(Cl)cc2Cl)[C@@H]1c1ccc(Cl)cc1. The number of rotatable bonds is 3. The molecule has 2 aromatic carbocycles. The highest BCUT2D eigenvalue weighted by Crippen LogP contribution is 2.42. The lowest BCUT2D eigenvalue weighted by molar-refractivity contribution is -0.129. The molecule has 1 aliphatic heterocycles. The van der Waals surface area contributed by atoms with Gasteiger partial charge in [0.05, 0.1) is 16.8 Å². The maximum absolute atomic E-state index is 11.5. The zero-order chi connectivity index (χ0) is 17.4. The Balaban J connectivity index is 2.11. The zero-order valence-corrected chi connectivity index (χ0v) is 14.8. The quantitative estimate of drug-likeness (QED) is 0.784. The molecule has 0 aromatic heterocycles. The molecule has 0 aliphatic carbocycles. The van der Waals surface area contributed by atoms with Crippen LogP contribution in [0.4, 0.5) is 5.69 Å². The van der Waals surface area contributed by atoms with Crippen LogP contribution in [0.1, 0.15) is 18.5 Å². The van der Waals surface area contributed by atoms with Gasteiger partial charge in [-0.05, 0) is 35.9 Å². The predicted molar refractivity (Wildman–Crippen MR) is 97.4 cm³/mol. The average Bonchev–Trinajstić information content (AvgIpc) is 2.86. The van der Waals surface area contributed by atoms with E-state index in [4.69, 9.17) is 34.8 Å². The van der Waals surface area contributed by atoms with Gasteiger partial charge in [-0.2, -0.15) is 5.10 Å². The van der Waals surface area contributed by atoms with Crippen LogP contribution in [0.3, 0.4) is 0 Å². The van der Waals surface area contributed by atoms with Crippen LogP contribution < -0.4 is 5.01 Å². The molecule has 124 valence electrons. The molecule has 3 rings (SSSR count).